The predicted octanol–water partition coefficient (Wildman–Crippen LogP) is 5.87. The number of fused-ring (bicyclic) bond motifs is 10. The Kier molecular flexibility index (Phi) is 8.68. The van der Waals surface area contributed by atoms with E-state index in [1.807, 2.05) is 102 Å². The Bertz CT molecular complexity index is 2390. The lowest BCUT2D eigenvalue weighted by Crippen LogP contribution is -2.43. The Hall–Kier alpha value is -6.24. The third kappa shape index (κ3) is 5.49. The highest BCUT2D eigenvalue weighted by atomic mass is 16.7. The number of aliphatic hydroxyl groups excluding tert-OH is 1. The molecule has 12 nitrogen and oxygen atoms in total. The van der Waals surface area contributed by atoms with Gasteiger partial charge in [0.05, 0.1) is 6.61 Å². The number of aliphatic hydroxyl groups is 1. The van der Waals surface area contributed by atoms with Crippen LogP contribution < -0.4 is 38.2 Å². The molecule has 0 bridgehead atoms. The average molecular weight is 769 g/mol. The lowest BCUT2D eigenvalue weighted by Gasteiger charge is -2.23. The fourth-order valence-electron chi connectivity index (χ4n) is 8.89. The van der Waals surface area contributed by atoms with Crippen LogP contribution in [0.4, 0.5) is 11.4 Å². The monoisotopic (exact) mass is 768 g/mol. The van der Waals surface area contributed by atoms with Crippen LogP contribution in [-0.2, 0) is 31.8 Å². The number of amides is 2. The molecule has 0 aromatic heterocycles. The largest absolute Gasteiger partial charge is 0.491 e. The van der Waals surface area contributed by atoms with Crippen LogP contribution in [0.2, 0.25) is 0 Å². The van der Waals surface area contributed by atoms with Crippen LogP contribution in [0.15, 0.2) is 103 Å². The third-order valence-electron chi connectivity index (χ3n) is 11.6. The van der Waals surface area contributed by atoms with Gasteiger partial charge >= 0.3 is 0 Å². The number of para-hydroxylation sites is 2. The minimum Gasteiger partial charge on any atom is -0.491 e. The number of hydrogen-bond acceptors (Lipinski definition) is 10. The van der Waals surface area contributed by atoms with Crippen molar-refractivity contribution in [2.75, 3.05) is 62.9 Å². The molecule has 2 unspecified atom stereocenters. The van der Waals surface area contributed by atoms with Crippen LogP contribution in [0.5, 0.6) is 34.5 Å². The number of hydrogen-bond donors (Lipinski definition) is 1. The molecule has 6 aliphatic rings. The maximum atomic E-state index is 13.9. The standard InChI is InChI=1S/C26H23NO5.C19H17NO5/c28-25-26(16-30-22-14-24-23(13-20(22)26)31-17-32-24)19-9-4-5-10-21(19)27(25)11-6-12-29-15-18-7-2-1-3-8-18;21-7-3-6-20-14-5-2-1-4-12(14)19(18(20)22)10-23-15-9-17-16(8-13(15)19)24-11-25-17/h1-5,7-10,13-14H,6,11-12,15-17H2;1-2,4-5,8-9,21H,3,6-7,10-11H2. The highest BCUT2D eigenvalue weighted by Crippen LogP contribution is 2.56. The van der Waals surface area contributed by atoms with Crippen molar-refractivity contribution in [3.05, 3.63) is 131 Å². The molecule has 5 aromatic carbocycles. The van der Waals surface area contributed by atoms with E-state index in [0.717, 1.165) is 45.6 Å². The molecule has 1 N–H and O–H groups in total. The quantitative estimate of drug-likeness (QED) is 0.182. The number of ether oxygens (including phenoxy) is 7. The maximum Gasteiger partial charge on any atom is 0.245 e. The van der Waals surface area contributed by atoms with Crippen molar-refractivity contribution in [3.63, 3.8) is 0 Å². The van der Waals surface area contributed by atoms with E-state index in [1.165, 1.54) is 0 Å². The first-order valence-electron chi connectivity index (χ1n) is 19.2. The molecule has 0 fully saturated rings. The lowest BCUT2D eigenvalue weighted by molar-refractivity contribution is -0.122. The molecule has 0 radical (unpaired) electrons. The molecule has 0 saturated carbocycles. The zero-order valence-electron chi connectivity index (χ0n) is 31.1. The van der Waals surface area contributed by atoms with Crippen molar-refractivity contribution in [2.24, 2.45) is 0 Å². The number of anilines is 2. The molecule has 57 heavy (non-hydrogen) atoms. The normalized spacial score (nSPS) is 20.9. The summed E-state index contributed by atoms with van der Waals surface area (Å²) < 4.78 is 39.8. The summed E-state index contributed by atoms with van der Waals surface area (Å²) in [7, 11) is 0. The molecule has 0 saturated heterocycles. The zero-order valence-corrected chi connectivity index (χ0v) is 31.1. The Morgan fingerprint density at radius 2 is 1.02 bits per heavy atom. The second-order valence-corrected chi connectivity index (χ2v) is 14.7. The number of carbonyl (C=O) groups is 2. The summed E-state index contributed by atoms with van der Waals surface area (Å²) in [6, 6.07) is 33.3. The first kappa shape index (κ1) is 35.2. The number of carbonyl (C=O) groups excluding carboxylic acids is 2. The summed E-state index contributed by atoms with van der Waals surface area (Å²) in [4.78, 5) is 31.0. The van der Waals surface area contributed by atoms with E-state index < -0.39 is 10.8 Å². The molecule has 2 atom stereocenters. The fourth-order valence-corrected chi connectivity index (χ4v) is 8.89. The van der Waals surface area contributed by atoms with Gasteiger partial charge in [0.2, 0.25) is 25.4 Å². The molecule has 6 heterocycles. The van der Waals surface area contributed by atoms with Crippen LogP contribution in [-0.4, -0.2) is 70.0 Å². The molecule has 12 heteroatoms. The van der Waals surface area contributed by atoms with Gasteiger partial charge in [-0.2, -0.15) is 0 Å². The van der Waals surface area contributed by atoms with Gasteiger partial charge < -0.3 is 48.1 Å². The number of benzene rings is 5. The van der Waals surface area contributed by atoms with Crippen molar-refractivity contribution < 1.29 is 47.9 Å². The first-order valence-corrected chi connectivity index (χ1v) is 19.2. The van der Waals surface area contributed by atoms with Crippen LogP contribution in [0.25, 0.3) is 0 Å². The van der Waals surface area contributed by atoms with E-state index in [2.05, 4.69) is 0 Å². The lowest BCUT2D eigenvalue weighted by atomic mass is 9.77. The van der Waals surface area contributed by atoms with Crippen molar-refractivity contribution in [3.8, 4) is 34.5 Å². The van der Waals surface area contributed by atoms with Gasteiger partial charge in [0.1, 0.15) is 35.5 Å². The summed E-state index contributed by atoms with van der Waals surface area (Å²) in [5.74, 6) is 3.98. The van der Waals surface area contributed by atoms with E-state index in [4.69, 9.17) is 33.2 Å². The van der Waals surface area contributed by atoms with Crippen LogP contribution in [0.3, 0.4) is 0 Å². The van der Waals surface area contributed by atoms with Crippen LogP contribution in [0.1, 0.15) is 40.7 Å². The van der Waals surface area contributed by atoms with Gasteiger partial charge in [-0.3, -0.25) is 9.59 Å². The van der Waals surface area contributed by atoms with Gasteiger partial charge in [-0.05, 0) is 53.8 Å². The van der Waals surface area contributed by atoms with Gasteiger partial charge in [-0.1, -0.05) is 66.7 Å². The minimum atomic E-state index is -0.859. The molecule has 6 aliphatic heterocycles. The molecular formula is C45H40N2O10. The van der Waals surface area contributed by atoms with Crippen LogP contribution >= 0.6 is 0 Å². The zero-order chi connectivity index (χ0) is 38.6. The molecule has 290 valence electrons. The molecule has 11 rings (SSSR count). The van der Waals surface area contributed by atoms with Crippen molar-refractivity contribution in [1.29, 1.82) is 0 Å². The van der Waals surface area contributed by atoms with Gasteiger partial charge in [-0.25, -0.2) is 0 Å². The van der Waals surface area contributed by atoms with Crippen molar-refractivity contribution in [1.82, 2.24) is 0 Å². The van der Waals surface area contributed by atoms with Gasteiger partial charge in [0.25, 0.3) is 0 Å². The predicted molar refractivity (Wildman–Crippen MR) is 208 cm³/mol. The summed E-state index contributed by atoms with van der Waals surface area (Å²) in [5.41, 5.74) is 4.85. The maximum absolute atomic E-state index is 13.9. The van der Waals surface area contributed by atoms with Crippen molar-refractivity contribution >= 4 is 23.2 Å². The Morgan fingerprint density at radius 3 is 1.54 bits per heavy atom. The van der Waals surface area contributed by atoms with E-state index in [9.17, 15) is 14.7 Å². The highest BCUT2D eigenvalue weighted by molar-refractivity contribution is 6.12. The fraction of sp³-hybridized carbons (Fsp3) is 0.289. The molecule has 5 aromatic rings. The summed E-state index contributed by atoms with van der Waals surface area (Å²) in [6.07, 6.45) is 1.28. The molecule has 2 amide bonds. The topological polar surface area (TPSA) is 125 Å². The smallest absolute Gasteiger partial charge is 0.245 e. The Morgan fingerprint density at radius 1 is 0.544 bits per heavy atom. The molecule has 2 spiro atoms. The highest BCUT2D eigenvalue weighted by Gasteiger charge is 2.58. The Balaban J connectivity index is 0.000000143. The van der Waals surface area contributed by atoms with Gasteiger partial charge in [0, 0.05) is 60.9 Å². The van der Waals surface area contributed by atoms with E-state index in [-0.39, 0.29) is 45.2 Å². The summed E-state index contributed by atoms with van der Waals surface area (Å²) >= 11 is 0. The van der Waals surface area contributed by atoms with E-state index in [0.29, 0.717) is 67.2 Å². The average Bonchev–Trinajstić information content (AvgIpc) is 4.11. The van der Waals surface area contributed by atoms with Gasteiger partial charge in [-0.15, -0.1) is 0 Å². The summed E-state index contributed by atoms with van der Waals surface area (Å²) in [5, 5.41) is 9.19. The van der Waals surface area contributed by atoms with Gasteiger partial charge in [0.15, 0.2) is 23.0 Å². The third-order valence-corrected chi connectivity index (χ3v) is 11.6. The first-order chi connectivity index (χ1) is 28.0. The second kappa shape index (κ2) is 14.1. The molecule has 0 aliphatic carbocycles. The SMILES string of the molecule is O=C1N(CCCO)c2ccccc2C12COc1cc3c(cc12)OCO3.O=C1N(CCCOCc2ccccc2)c2ccccc2C12COc1cc3c(cc12)OCO3. The van der Waals surface area contributed by atoms with Crippen molar-refractivity contribution in [2.45, 2.75) is 30.3 Å². The Labute approximate surface area is 329 Å². The summed E-state index contributed by atoms with van der Waals surface area (Å²) in [6.45, 7) is 3.18. The van der Waals surface area contributed by atoms with E-state index in [1.54, 1.807) is 11.0 Å². The second-order valence-electron chi connectivity index (χ2n) is 14.7. The minimum absolute atomic E-state index is 0.0141. The van der Waals surface area contributed by atoms with E-state index >= 15 is 0 Å². The van der Waals surface area contributed by atoms with Crippen LogP contribution in [0, 0.1) is 0 Å². The number of nitrogens with zero attached hydrogens (tertiary/aromatic N) is 2. The number of rotatable bonds is 9. The molecular weight excluding hydrogens is 728 g/mol.